The van der Waals surface area contributed by atoms with Crippen LogP contribution in [-0.4, -0.2) is 15.6 Å². The summed E-state index contributed by atoms with van der Waals surface area (Å²) in [5, 5.41) is 1.63. The lowest BCUT2D eigenvalue weighted by molar-refractivity contribution is -0.118. The zero-order chi connectivity index (χ0) is 11.4. The smallest absolute Gasteiger partial charge is 0.245 e. The molecule has 0 aromatic carbocycles. The Morgan fingerprint density at radius 2 is 1.94 bits per heavy atom. The number of carbonyl (C=O) groups excluding carboxylic acids is 1. The van der Waals surface area contributed by atoms with Crippen LogP contribution in [0.4, 0.5) is 5.69 Å². The van der Waals surface area contributed by atoms with E-state index >= 15 is 0 Å². The maximum Gasteiger partial charge on any atom is 0.245 e. The van der Waals surface area contributed by atoms with Crippen molar-refractivity contribution >= 4 is 11.6 Å². The van der Waals surface area contributed by atoms with Gasteiger partial charge in [0.2, 0.25) is 5.91 Å². The molecule has 2 aromatic rings. The number of aromatic nitrogens is 2. The van der Waals surface area contributed by atoms with Gasteiger partial charge in [0.1, 0.15) is 0 Å². The third-order valence-electron chi connectivity index (χ3n) is 2.27. The summed E-state index contributed by atoms with van der Waals surface area (Å²) in [7, 11) is 0. The summed E-state index contributed by atoms with van der Waals surface area (Å²) >= 11 is 0. The first kappa shape index (κ1) is 10.4. The predicted molar refractivity (Wildman–Crippen MR) is 61.8 cm³/mol. The van der Waals surface area contributed by atoms with Gasteiger partial charge in [0, 0.05) is 31.2 Å². The van der Waals surface area contributed by atoms with Gasteiger partial charge in [0.25, 0.3) is 0 Å². The molecule has 0 spiro atoms. The maximum absolute atomic E-state index is 11.9. The lowest BCUT2D eigenvalue weighted by atomic mass is 10.3. The second-order valence-electron chi connectivity index (χ2n) is 3.33. The number of rotatable bonds is 3. The molecule has 0 unspecified atom stereocenters. The molecule has 2 rings (SSSR count). The maximum atomic E-state index is 11.9. The van der Waals surface area contributed by atoms with Crippen LogP contribution in [0.25, 0.3) is 0 Å². The van der Waals surface area contributed by atoms with Crippen LogP contribution in [0, 0.1) is 0 Å². The van der Waals surface area contributed by atoms with Crippen LogP contribution in [0.5, 0.6) is 0 Å². The number of hydrogen-bond acceptors (Lipinski definition) is 2. The molecule has 4 heteroatoms. The molecule has 1 amide bonds. The summed E-state index contributed by atoms with van der Waals surface area (Å²) in [5.74, 6) is 0.0439. The SMILES string of the molecule is CCC(=O)N(c1ccncc1)n1cccc1. The molecule has 16 heavy (non-hydrogen) atoms. The first-order valence-corrected chi connectivity index (χ1v) is 5.19. The van der Waals surface area contributed by atoms with Crippen LogP contribution in [0.15, 0.2) is 49.1 Å². The quantitative estimate of drug-likeness (QED) is 0.786. The lowest BCUT2D eigenvalue weighted by Gasteiger charge is -2.23. The summed E-state index contributed by atoms with van der Waals surface area (Å²) in [5.41, 5.74) is 0.818. The highest BCUT2D eigenvalue weighted by Crippen LogP contribution is 2.14. The van der Waals surface area contributed by atoms with Gasteiger partial charge >= 0.3 is 0 Å². The molecule has 0 aliphatic carbocycles. The number of anilines is 1. The Bertz CT molecular complexity index is 450. The largest absolute Gasteiger partial charge is 0.273 e. The Morgan fingerprint density at radius 1 is 1.31 bits per heavy atom. The van der Waals surface area contributed by atoms with Gasteiger partial charge < -0.3 is 0 Å². The third kappa shape index (κ3) is 1.95. The van der Waals surface area contributed by atoms with Crippen LogP contribution < -0.4 is 5.01 Å². The van der Waals surface area contributed by atoms with Crippen molar-refractivity contribution in [1.82, 2.24) is 9.66 Å². The summed E-state index contributed by atoms with van der Waals surface area (Å²) < 4.78 is 1.77. The van der Waals surface area contributed by atoms with E-state index in [0.717, 1.165) is 5.69 Å². The fourth-order valence-corrected chi connectivity index (χ4v) is 1.50. The van der Waals surface area contributed by atoms with E-state index in [9.17, 15) is 4.79 Å². The van der Waals surface area contributed by atoms with Crippen molar-refractivity contribution in [3.8, 4) is 0 Å². The van der Waals surface area contributed by atoms with Crippen molar-refractivity contribution in [2.24, 2.45) is 0 Å². The Labute approximate surface area is 94.1 Å². The van der Waals surface area contributed by atoms with E-state index in [-0.39, 0.29) is 5.91 Å². The van der Waals surface area contributed by atoms with Crippen LogP contribution >= 0.6 is 0 Å². The Hall–Kier alpha value is -2.10. The first-order chi connectivity index (χ1) is 7.83. The van der Waals surface area contributed by atoms with E-state index in [4.69, 9.17) is 0 Å². The van der Waals surface area contributed by atoms with Gasteiger partial charge in [-0.2, -0.15) is 0 Å². The van der Waals surface area contributed by atoms with Gasteiger partial charge in [-0.05, 0) is 24.3 Å². The fraction of sp³-hybridized carbons (Fsp3) is 0.167. The van der Waals surface area contributed by atoms with Gasteiger partial charge in [-0.15, -0.1) is 0 Å². The monoisotopic (exact) mass is 215 g/mol. The van der Waals surface area contributed by atoms with Crippen LogP contribution in [0.2, 0.25) is 0 Å². The van der Waals surface area contributed by atoms with E-state index in [1.54, 1.807) is 22.1 Å². The van der Waals surface area contributed by atoms with Crippen molar-refractivity contribution < 1.29 is 4.79 Å². The molecule has 0 N–H and O–H groups in total. The van der Waals surface area contributed by atoms with Crippen molar-refractivity contribution in [2.45, 2.75) is 13.3 Å². The standard InChI is InChI=1S/C12H13N3O/c1-2-12(16)15(14-9-3-4-10-14)11-5-7-13-8-6-11/h3-10H,2H2,1H3. The molecule has 0 fully saturated rings. The predicted octanol–water partition coefficient (Wildman–Crippen LogP) is 2.09. The van der Waals surface area contributed by atoms with E-state index in [2.05, 4.69) is 4.98 Å². The normalized spacial score (nSPS) is 10.1. The molecule has 2 aromatic heterocycles. The van der Waals surface area contributed by atoms with Gasteiger partial charge in [0.15, 0.2) is 0 Å². The molecule has 4 nitrogen and oxygen atoms in total. The van der Waals surface area contributed by atoms with Gasteiger partial charge in [-0.25, -0.2) is 5.01 Å². The molecule has 0 atom stereocenters. The second-order valence-corrected chi connectivity index (χ2v) is 3.33. The second kappa shape index (κ2) is 4.61. The van der Waals surface area contributed by atoms with Crippen LogP contribution in [0.3, 0.4) is 0 Å². The molecule has 0 radical (unpaired) electrons. The topological polar surface area (TPSA) is 38.1 Å². The number of amides is 1. The zero-order valence-corrected chi connectivity index (χ0v) is 9.08. The number of hydrogen-bond donors (Lipinski definition) is 0. The minimum absolute atomic E-state index is 0.0439. The van der Waals surface area contributed by atoms with Gasteiger partial charge in [0.05, 0.1) is 5.69 Å². The summed E-state index contributed by atoms with van der Waals surface area (Å²) in [6, 6.07) is 7.40. The highest BCUT2D eigenvalue weighted by Gasteiger charge is 2.14. The number of pyridine rings is 1. The highest BCUT2D eigenvalue weighted by atomic mass is 16.2. The number of carbonyl (C=O) groups is 1. The molecule has 0 saturated carbocycles. The average Bonchev–Trinajstić information content (AvgIpc) is 2.84. The molecule has 0 bridgehead atoms. The minimum atomic E-state index is 0.0439. The fourth-order valence-electron chi connectivity index (χ4n) is 1.50. The highest BCUT2D eigenvalue weighted by molar-refractivity contribution is 5.92. The molecular weight excluding hydrogens is 202 g/mol. The van der Waals surface area contributed by atoms with Crippen LogP contribution in [0.1, 0.15) is 13.3 Å². The van der Waals surface area contributed by atoms with Crippen molar-refractivity contribution in [3.63, 3.8) is 0 Å². The van der Waals surface area contributed by atoms with E-state index in [0.29, 0.717) is 6.42 Å². The third-order valence-corrected chi connectivity index (χ3v) is 2.27. The molecule has 2 heterocycles. The Balaban J connectivity index is 2.40. The van der Waals surface area contributed by atoms with E-state index < -0.39 is 0 Å². The van der Waals surface area contributed by atoms with Crippen molar-refractivity contribution in [3.05, 3.63) is 49.1 Å². The van der Waals surface area contributed by atoms with Gasteiger partial charge in [-0.3, -0.25) is 14.5 Å². The summed E-state index contributed by atoms with van der Waals surface area (Å²) in [4.78, 5) is 15.8. The van der Waals surface area contributed by atoms with Gasteiger partial charge in [-0.1, -0.05) is 6.92 Å². The van der Waals surface area contributed by atoms with E-state index in [1.807, 2.05) is 43.6 Å². The Morgan fingerprint density at radius 3 is 2.50 bits per heavy atom. The molecule has 0 aliphatic heterocycles. The molecule has 82 valence electrons. The zero-order valence-electron chi connectivity index (χ0n) is 9.08. The van der Waals surface area contributed by atoms with Crippen molar-refractivity contribution in [2.75, 3.05) is 5.01 Å². The molecule has 0 saturated heterocycles. The summed E-state index contributed by atoms with van der Waals surface area (Å²) in [6.07, 6.45) is 7.49. The Kier molecular flexibility index (Phi) is 3.00. The number of nitrogens with zero attached hydrogens (tertiary/aromatic N) is 3. The summed E-state index contributed by atoms with van der Waals surface area (Å²) in [6.45, 7) is 1.85. The first-order valence-electron chi connectivity index (χ1n) is 5.19. The van der Waals surface area contributed by atoms with Crippen LogP contribution in [-0.2, 0) is 4.79 Å². The molecule has 0 aliphatic rings. The van der Waals surface area contributed by atoms with E-state index in [1.165, 1.54) is 0 Å². The molecular formula is C12H13N3O. The minimum Gasteiger partial charge on any atom is -0.273 e. The van der Waals surface area contributed by atoms with Crippen molar-refractivity contribution in [1.29, 1.82) is 0 Å². The average molecular weight is 215 g/mol. The lowest BCUT2D eigenvalue weighted by Crippen LogP contribution is -2.34.